The molecule has 2 saturated heterocycles. The molecule has 0 radical (unpaired) electrons. The second kappa shape index (κ2) is 11.0. The lowest BCUT2D eigenvalue weighted by atomic mass is 9.93. The lowest BCUT2D eigenvalue weighted by Crippen LogP contribution is -2.77. The SMILES string of the molecule is CCOC(=O)C=C(C)N[C@@H]1C(=O)N2[C@@H](C(=O)OC(c3ccccc3)c3ccccc3)[C@](C)(Cl)CS[C@@H]12. The lowest BCUT2D eigenvalue weighted by molar-refractivity contribution is -0.168. The average molecular weight is 529 g/mol. The summed E-state index contributed by atoms with van der Waals surface area (Å²) < 4.78 is 11.0. The Bertz CT molecular complexity index is 1100. The number of benzene rings is 2. The second-order valence-electron chi connectivity index (χ2n) is 8.97. The first-order chi connectivity index (χ1) is 17.2. The average Bonchev–Trinajstić information content (AvgIpc) is 2.86. The van der Waals surface area contributed by atoms with Crippen LogP contribution in [0.15, 0.2) is 72.4 Å². The Balaban J connectivity index is 1.55. The fraction of sp³-hybridized carbons (Fsp3) is 0.370. The first-order valence-corrected chi connectivity index (χ1v) is 13.2. The number of fused-ring (bicyclic) bond motifs is 1. The van der Waals surface area contributed by atoms with Gasteiger partial charge in [-0.3, -0.25) is 4.79 Å². The van der Waals surface area contributed by atoms with E-state index < -0.39 is 35.0 Å². The van der Waals surface area contributed by atoms with E-state index >= 15 is 0 Å². The maximum Gasteiger partial charge on any atom is 0.332 e. The Morgan fingerprint density at radius 2 is 1.75 bits per heavy atom. The Kier molecular flexibility index (Phi) is 7.95. The molecule has 2 heterocycles. The molecule has 190 valence electrons. The lowest BCUT2D eigenvalue weighted by Gasteiger charge is -2.56. The summed E-state index contributed by atoms with van der Waals surface area (Å²) in [6.07, 6.45) is 0.676. The van der Waals surface area contributed by atoms with E-state index in [4.69, 9.17) is 21.1 Å². The fourth-order valence-corrected chi connectivity index (χ4v) is 6.26. The van der Waals surface area contributed by atoms with Gasteiger partial charge in [0, 0.05) is 17.5 Å². The molecule has 2 fully saturated rings. The number of β-lactam (4-membered cyclic amide) rings is 1. The topological polar surface area (TPSA) is 84.9 Å². The molecule has 4 rings (SSSR count). The molecule has 2 aliphatic rings. The zero-order valence-electron chi connectivity index (χ0n) is 20.3. The van der Waals surface area contributed by atoms with Crippen molar-refractivity contribution in [3.8, 4) is 0 Å². The van der Waals surface area contributed by atoms with Crippen molar-refractivity contribution in [1.82, 2.24) is 10.2 Å². The number of nitrogens with one attached hydrogen (secondary N) is 1. The predicted octanol–water partition coefficient (Wildman–Crippen LogP) is 4.03. The minimum absolute atomic E-state index is 0.266. The molecule has 0 bridgehead atoms. The first-order valence-electron chi connectivity index (χ1n) is 11.8. The van der Waals surface area contributed by atoms with E-state index in [-0.39, 0.29) is 17.9 Å². The molecule has 9 heteroatoms. The molecule has 0 aromatic heterocycles. The predicted molar refractivity (Wildman–Crippen MR) is 139 cm³/mol. The van der Waals surface area contributed by atoms with Crippen LogP contribution in [-0.2, 0) is 23.9 Å². The van der Waals surface area contributed by atoms with E-state index in [1.807, 2.05) is 60.7 Å². The summed E-state index contributed by atoms with van der Waals surface area (Å²) in [5, 5.41) is 2.77. The molecular formula is C27H29ClN2O5S. The smallest absolute Gasteiger partial charge is 0.332 e. The number of allylic oxidation sites excluding steroid dienone is 1. The third kappa shape index (κ3) is 5.39. The number of rotatable bonds is 8. The summed E-state index contributed by atoms with van der Waals surface area (Å²) in [6.45, 7) is 5.44. The number of nitrogens with zero attached hydrogens (tertiary/aromatic N) is 1. The van der Waals surface area contributed by atoms with E-state index in [1.165, 1.54) is 22.7 Å². The number of hydrogen-bond donors (Lipinski definition) is 1. The van der Waals surface area contributed by atoms with Crippen molar-refractivity contribution in [2.75, 3.05) is 12.4 Å². The first kappa shape index (κ1) is 26.1. The molecule has 2 aromatic rings. The van der Waals surface area contributed by atoms with Crippen LogP contribution in [0.25, 0.3) is 0 Å². The highest BCUT2D eigenvalue weighted by atomic mass is 35.5. The zero-order chi connectivity index (χ0) is 25.9. The van der Waals surface area contributed by atoms with E-state index in [0.717, 1.165) is 11.1 Å². The number of halogens is 1. The minimum Gasteiger partial charge on any atom is -0.463 e. The van der Waals surface area contributed by atoms with Crippen LogP contribution in [0.4, 0.5) is 0 Å². The summed E-state index contributed by atoms with van der Waals surface area (Å²) in [7, 11) is 0. The third-order valence-corrected chi connectivity index (χ3v) is 8.24. The largest absolute Gasteiger partial charge is 0.463 e. The van der Waals surface area contributed by atoms with Crippen molar-refractivity contribution in [3.05, 3.63) is 83.6 Å². The molecule has 0 unspecified atom stereocenters. The third-order valence-electron chi connectivity index (χ3n) is 6.13. The fourth-order valence-electron chi connectivity index (χ4n) is 4.46. The zero-order valence-corrected chi connectivity index (χ0v) is 21.9. The summed E-state index contributed by atoms with van der Waals surface area (Å²) in [5.74, 6) is -0.858. The van der Waals surface area contributed by atoms with Crippen LogP contribution in [-0.4, -0.2) is 57.4 Å². The molecule has 0 spiro atoms. The van der Waals surface area contributed by atoms with Crippen molar-refractivity contribution in [1.29, 1.82) is 0 Å². The number of esters is 2. The van der Waals surface area contributed by atoms with Gasteiger partial charge in [0.05, 0.1) is 11.5 Å². The van der Waals surface area contributed by atoms with Crippen molar-refractivity contribution in [2.45, 2.75) is 49.2 Å². The van der Waals surface area contributed by atoms with Gasteiger partial charge in [0.15, 0.2) is 12.1 Å². The van der Waals surface area contributed by atoms with Crippen molar-refractivity contribution < 1.29 is 23.9 Å². The van der Waals surface area contributed by atoms with Crippen LogP contribution in [0.2, 0.25) is 0 Å². The summed E-state index contributed by atoms with van der Waals surface area (Å²) in [6, 6.07) is 17.4. The number of hydrogen-bond acceptors (Lipinski definition) is 7. The molecule has 4 atom stereocenters. The molecule has 1 N–H and O–H groups in total. The van der Waals surface area contributed by atoms with Crippen molar-refractivity contribution >= 4 is 41.2 Å². The quantitative estimate of drug-likeness (QED) is 0.240. The van der Waals surface area contributed by atoms with Crippen LogP contribution < -0.4 is 5.32 Å². The summed E-state index contributed by atoms with van der Waals surface area (Å²) in [4.78, 5) is 39.1. The van der Waals surface area contributed by atoms with Crippen LogP contribution in [0.3, 0.4) is 0 Å². The van der Waals surface area contributed by atoms with Gasteiger partial charge in [0.1, 0.15) is 11.4 Å². The number of alkyl halides is 1. The van der Waals surface area contributed by atoms with Crippen LogP contribution in [0.5, 0.6) is 0 Å². The highest BCUT2D eigenvalue weighted by Gasteiger charge is 2.61. The van der Waals surface area contributed by atoms with Gasteiger partial charge >= 0.3 is 11.9 Å². The second-order valence-corrected chi connectivity index (χ2v) is 10.9. The van der Waals surface area contributed by atoms with E-state index in [0.29, 0.717) is 11.4 Å². The van der Waals surface area contributed by atoms with E-state index in [2.05, 4.69) is 5.32 Å². The molecule has 2 aliphatic heterocycles. The number of amides is 1. The molecule has 0 saturated carbocycles. The number of carbonyl (C=O) groups is 3. The Morgan fingerprint density at radius 1 is 1.17 bits per heavy atom. The van der Waals surface area contributed by atoms with Crippen molar-refractivity contribution in [3.63, 3.8) is 0 Å². The Hall–Kier alpha value is -2.97. The van der Waals surface area contributed by atoms with Gasteiger partial charge in [0.2, 0.25) is 5.91 Å². The minimum atomic E-state index is -1.01. The standard InChI is InChI=1S/C27H29ClN2O5S/c1-4-34-20(31)15-17(2)29-21-24(32)30-23(27(3,28)16-36-25(21)30)26(33)35-22(18-11-7-5-8-12-18)19-13-9-6-10-14-19/h5-15,21-23,25,29H,4,16H2,1-3H3/t21-,23+,25+,27-/m1/s1. The van der Waals surface area contributed by atoms with E-state index in [9.17, 15) is 14.4 Å². The van der Waals surface area contributed by atoms with Gasteiger partial charge in [0.25, 0.3) is 0 Å². The van der Waals surface area contributed by atoms with Crippen LogP contribution >= 0.6 is 23.4 Å². The van der Waals surface area contributed by atoms with Gasteiger partial charge in [-0.15, -0.1) is 23.4 Å². The van der Waals surface area contributed by atoms with Gasteiger partial charge in [-0.25, -0.2) is 9.59 Å². The van der Waals surface area contributed by atoms with Gasteiger partial charge in [-0.2, -0.15) is 0 Å². The monoisotopic (exact) mass is 528 g/mol. The molecule has 7 nitrogen and oxygen atoms in total. The van der Waals surface area contributed by atoms with Gasteiger partial charge in [-0.05, 0) is 31.9 Å². The Labute approximate surface area is 220 Å². The maximum absolute atomic E-state index is 13.6. The summed E-state index contributed by atoms with van der Waals surface area (Å²) >= 11 is 8.31. The molecule has 1 amide bonds. The summed E-state index contributed by atoms with van der Waals surface area (Å²) in [5.41, 5.74) is 2.16. The normalized spacial score (nSPS) is 25.6. The number of thioether (sulfide) groups is 1. The van der Waals surface area contributed by atoms with Crippen LogP contribution in [0, 0.1) is 0 Å². The number of ether oxygens (including phenoxy) is 2. The number of carbonyl (C=O) groups excluding carboxylic acids is 3. The highest BCUT2D eigenvalue weighted by molar-refractivity contribution is 8.00. The molecule has 0 aliphatic carbocycles. The van der Waals surface area contributed by atoms with Gasteiger partial charge in [-0.1, -0.05) is 60.7 Å². The highest BCUT2D eigenvalue weighted by Crippen LogP contribution is 2.46. The molecule has 2 aromatic carbocycles. The Morgan fingerprint density at radius 3 is 2.31 bits per heavy atom. The van der Waals surface area contributed by atoms with Crippen LogP contribution in [0.1, 0.15) is 38.0 Å². The van der Waals surface area contributed by atoms with Crippen molar-refractivity contribution in [2.24, 2.45) is 0 Å². The van der Waals surface area contributed by atoms with E-state index in [1.54, 1.807) is 20.8 Å². The van der Waals surface area contributed by atoms with Gasteiger partial charge < -0.3 is 19.7 Å². The molecular weight excluding hydrogens is 500 g/mol. The molecule has 36 heavy (non-hydrogen) atoms. The maximum atomic E-state index is 13.6.